The Kier molecular flexibility index (Phi) is 9.63. The van der Waals surface area contributed by atoms with Crippen molar-refractivity contribution in [1.82, 2.24) is 9.88 Å². The molecule has 1 aliphatic heterocycles. The van der Waals surface area contributed by atoms with E-state index in [1.54, 1.807) is 18.5 Å². The van der Waals surface area contributed by atoms with E-state index in [0.717, 1.165) is 47.8 Å². The van der Waals surface area contributed by atoms with Crippen LogP contribution in [0.25, 0.3) is 11.1 Å². The van der Waals surface area contributed by atoms with E-state index < -0.39 is 0 Å². The summed E-state index contributed by atoms with van der Waals surface area (Å²) in [6, 6.07) is 20.5. The molecular formula is C35H37ClN4O2. The zero-order chi connectivity index (χ0) is 29.5. The van der Waals surface area contributed by atoms with Crippen molar-refractivity contribution in [3.63, 3.8) is 0 Å². The molecule has 42 heavy (non-hydrogen) atoms. The molecular weight excluding hydrogens is 544 g/mol. The number of halogens is 1. The minimum atomic E-state index is 0.294. The molecule has 0 aliphatic carbocycles. The highest BCUT2D eigenvalue weighted by atomic mass is 35.5. The maximum atomic E-state index is 9.26. The van der Waals surface area contributed by atoms with Gasteiger partial charge in [-0.05, 0) is 85.8 Å². The number of rotatable bonds is 10. The van der Waals surface area contributed by atoms with Gasteiger partial charge in [-0.2, -0.15) is 5.26 Å². The number of nitrogens with zero attached hydrogens (tertiary/aromatic N) is 3. The second kappa shape index (κ2) is 13.7. The maximum absolute atomic E-state index is 9.26. The molecule has 0 atom stereocenters. The lowest BCUT2D eigenvalue weighted by Gasteiger charge is -2.27. The van der Waals surface area contributed by atoms with Crippen molar-refractivity contribution in [2.24, 2.45) is 0 Å². The molecule has 1 aromatic heterocycles. The van der Waals surface area contributed by atoms with Gasteiger partial charge >= 0.3 is 0 Å². The second-order valence-electron chi connectivity index (χ2n) is 10.8. The van der Waals surface area contributed by atoms with Crippen LogP contribution in [0, 0.1) is 25.2 Å². The van der Waals surface area contributed by atoms with Crippen molar-refractivity contribution in [3.8, 4) is 28.7 Å². The first-order valence-corrected chi connectivity index (χ1v) is 14.8. The first-order valence-electron chi connectivity index (χ1n) is 14.5. The molecule has 0 bridgehead atoms. The van der Waals surface area contributed by atoms with Crippen LogP contribution in [0.5, 0.6) is 11.5 Å². The van der Waals surface area contributed by atoms with Crippen molar-refractivity contribution in [3.05, 3.63) is 105 Å². The summed E-state index contributed by atoms with van der Waals surface area (Å²) >= 11 is 6.81. The third-order valence-electron chi connectivity index (χ3n) is 8.00. The highest BCUT2D eigenvalue weighted by Crippen LogP contribution is 2.36. The summed E-state index contributed by atoms with van der Waals surface area (Å²) in [7, 11) is 1.95. The number of benzene rings is 3. The van der Waals surface area contributed by atoms with E-state index in [2.05, 4.69) is 71.5 Å². The van der Waals surface area contributed by atoms with Gasteiger partial charge in [-0.25, -0.2) is 0 Å². The Morgan fingerprint density at radius 3 is 2.38 bits per heavy atom. The molecule has 216 valence electrons. The molecule has 5 rings (SSSR count). The van der Waals surface area contributed by atoms with Gasteiger partial charge in [0.1, 0.15) is 30.8 Å². The average Bonchev–Trinajstić information content (AvgIpc) is 3.01. The normalized spacial score (nSPS) is 13.4. The number of piperidine rings is 1. The monoisotopic (exact) mass is 580 g/mol. The molecule has 3 aromatic carbocycles. The summed E-state index contributed by atoms with van der Waals surface area (Å²) in [6.07, 6.45) is 6.96. The van der Waals surface area contributed by atoms with E-state index in [9.17, 15) is 5.26 Å². The van der Waals surface area contributed by atoms with Crippen molar-refractivity contribution in [2.45, 2.75) is 52.9 Å². The highest BCUT2D eigenvalue weighted by molar-refractivity contribution is 6.32. The molecule has 4 aromatic rings. The molecule has 0 saturated carbocycles. The fourth-order valence-corrected chi connectivity index (χ4v) is 5.82. The zero-order valence-electron chi connectivity index (χ0n) is 24.5. The molecule has 6 nitrogen and oxygen atoms in total. The quantitative estimate of drug-likeness (QED) is 0.204. The van der Waals surface area contributed by atoms with E-state index in [0.29, 0.717) is 29.5 Å². The van der Waals surface area contributed by atoms with Crippen molar-refractivity contribution in [1.29, 1.82) is 5.26 Å². The molecule has 1 aliphatic rings. The SMILES string of the molecule is CNc1cccc(-c2cccc(COc3cc(OCc4cncc(C#N)c4)c(CN4CCCCC4)cc3Cl)c2C)c1C. The zero-order valence-corrected chi connectivity index (χ0v) is 25.3. The van der Waals surface area contributed by atoms with Gasteiger partial charge in [-0.1, -0.05) is 48.4 Å². The lowest BCUT2D eigenvalue weighted by molar-refractivity contribution is 0.214. The van der Waals surface area contributed by atoms with Gasteiger partial charge in [-0.15, -0.1) is 0 Å². The van der Waals surface area contributed by atoms with Crippen LogP contribution in [0.1, 0.15) is 52.6 Å². The Balaban J connectivity index is 1.39. The van der Waals surface area contributed by atoms with Crippen molar-refractivity contribution >= 4 is 17.3 Å². The molecule has 0 unspecified atom stereocenters. The standard InChI is InChI=1S/C35H37ClN4O2/c1-24-28(9-7-10-30(24)31-11-8-12-33(38-3)25(31)2)23-42-35-17-34(41-22-27-15-26(18-37)19-39-20-27)29(16-32(35)36)21-40-13-5-4-6-14-40/h7-12,15-17,19-20,38H,4-6,13-14,21-23H2,1-3H3. The van der Waals surface area contributed by atoms with Crippen molar-refractivity contribution < 1.29 is 9.47 Å². The molecule has 7 heteroatoms. The second-order valence-corrected chi connectivity index (χ2v) is 11.2. The number of nitrogens with one attached hydrogen (secondary N) is 1. The molecule has 0 amide bonds. The van der Waals surface area contributed by atoms with Gasteiger partial charge in [0.05, 0.1) is 10.6 Å². The first-order chi connectivity index (χ1) is 20.5. The van der Waals surface area contributed by atoms with Crippen LogP contribution >= 0.6 is 11.6 Å². The van der Waals surface area contributed by atoms with E-state index in [1.165, 1.54) is 41.5 Å². The van der Waals surface area contributed by atoms with Gasteiger partial charge in [0.2, 0.25) is 0 Å². The number of pyridine rings is 1. The van der Waals surface area contributed by atoms with Gasteiger partial charge in [-0.3, -0.25) is 9.88 Å². The number of anilines is 1. The number of likely N-dealkylation sites (tertiary alicyclic amines) is 1. The Hall–Kier alpha value is -4.05. The molecule has 1 saturated heterocycles. The van der Waals surface area contributed by atoms with E-state index in [1.807, 2.05) is 19.2 Å². The van der Waals surface area contributed by atoms with Crippen LogP contribution in [0.3, 0.4) is 0 Å². The van der Waals surface area contributed by atoms with Crippen LogP contribution in [-0.2, 0) is 19.8 Å². The molecule has 2 heterocycles. The minimum Gasteiger partial charge on any atom is -0.488 e. The number of aromatic nitrogens is 1. The summed E-state index contributed by atoms with van der Waals surface area (Å²) in [5.41, 5.74) is 9.36. The molecule has 1 N–H and O–H groups in total. The fraction of sp³-hybridized carbons (Fsp3) is 0.314. The van der Waals surface area contributed by atoms with Gasteiger partial charge in [0.25, 0.3) is 0 Å². The van der Waals surface area contributed by atoms with Gasteiger partial charge in [0, 0.05) is 48.9 Å². The topological polar surface area (TPSA) is 70.4 Å². The number of nitriles is 1. The Morgan fingerprint density at radius 2 is 1.62 bits per heavy atom. The lowest BCUT2D eigenvalue weighted by Crippen LogP contribution is -2.29. The third kappa shape index (κ3) is 6.87. The fourth-order valence-electron chi connectivity index (χ4n) is 5.58. The summed E-state index contributed by atoms with van der Waals surface area (Å²) in [5.74, 6) is 1.31. The van der Waals surface area contributed by atoms with E-state index in [-0.39, 0.29) is 0 Å². The van der Waals surface area contributed by atoms with Crippen LogP contribution in [0.2, 0.25) is 5.02 Å². The Labute approximate surface area is 253 Å². The molecule has 1 fully saturated rings. The van der Waals surface area contributed by atoms with Crippen LogP contribution in [-0.4, -0.2) is 30.0 Å². The number of hydrogen-bond donors (Lipinski definition) is 1. The lowest BCUT2D eigenvalue weighted by atomic mass is 9.93. The summed E-state index contributed by atoms with van der Waals surface area (Å²) in [5, 5.41) is 13.1. The summed E-state index contributed by atoms with van der Waals surface area (Å²) in [6.45, 7) is 7.85. The van der Waals surface area contributed by atoms with E-state index in [4.69, 9.17) is 21.1 Å². The number of ether oxygens (including phenoxy) is 2. The first kappa shape index (κ1) is 29.4. The van der Waals surface area contributed by atoms with Gasteiger partial charge in [0.15, 0.2) is 0 Å². The summed E-state index contributed by atoms with van der Waals surface area (Å²) in [4.78, 5) is 6.62. The minimum absolute atomic E-state index is 0.294. The predicted molar refractivity (Wildman–Crippen MR) is 169 cm³/mol. The van der Waals surface area contributed by atoms with Crippen molar-refractivity contribution in [2.75, 3.05) is 25.5 Å². The van der Waals surface area contributed by atoms with Crippen LogP contribution in [0.4, 0.5) is 5.69 Å². The van der Waals surface area contributed by atoms with Crippen LogP contribution in [0.15, 0.2) is 67.0 Å². The largest absolute Gasteiger partial charge is 0.488 e. The highest BCUT2D eigenvalue weighted by Gasteiger charge is 2.18. The predicted octanol–water partition coefficient (Wildman–Crippen LogP) is 8.08. The Morgan fingerprint density at radius 1 is 0.881 bits per heavy atom. The maximum Gasteiger partial charge on any atom is 0.142 e. The smallest absolute Gasteiger partial charge is 0.142 e. The Bertz CT molecular complexity index is 1590. The number of hydrogen-bond acceptors (Lipinski definition) is 6. The summed E-state index contributed by atoms with van der Waals surface area (Å²) < 4.78 is 12.7. The molecule has 0 spiro atoms. The molecule has 0 radical (unpaired) electrons. The third-order valence-corrected chi connectivity index (χ3v) is 8.29. The van der Waals surface area contributed by atoms with Crippen LogP contribution < -0.4 is 14.8 Å². The van der Waals surface area contributed by atoms with E-state index >= 15 is 0 Å². The average molecular weight is 581 g/mol. The van der Waals surface area contributed by atoms with Gasteiger partial charge < -0.3 is 14.8 Å².